The van der Waals surface area contributed by atoms with Crippen LogP contribution >= 0.6 is 0 Å². The highest BCUT2D eigenvalue weighted by Gasteiger charge is 2.52. The Hall–Kier alpha value is -13.1. The Kier molecular flexibility index (Phi) is 22.8. The molecule has 4 aliphatic carbocycles. The van der Waals surface area contributed by atoms with Gasteiger partial charge in [-0.05, 0) is 225 Å². The van der Waals surface area contributed by atoms with Crippen LogP contribution in [-0.4, -0.2) is 178 Å². The van der Waals surface area contributed by atoms with Crippen LogP contribution in [0.5, 0.6) is 0 Å². The average molecular weight is 1630 g/mol. The van der Waals surface area contributed by atoms with E-state index in [9.17, 15) is 28.0 Å². The highest BCUT2D eigenvalue weighted by Crippen LogP contribution is 2.46. The molecule has 20 rings (SSSR count). The molecule has 8 fully saturated rings. The molecule has 4 aliphatic heterocycles. The van der Waals surface area contributed by atoms with E-state index in [0.717, 1.165) is 186 Å². The molecule has 26 nitrogen and oxygen atoms in total. The maximum atomic E-state index is 13.6. The summed E-state index contributed by atoms with van der Waals surface area (Å²) in [7, 11) is 0. The van der Waals surface area contributed by atoms with Crippen LogP contribution in [0, 0.1) is 97.6 Å². The van der Waals surface area contributed by atoms with Crippen molar-refractivity contribution in [3.8, 4) is 45.3 Å². The lowest BCUT2D eigenvalue weighted by atomic mass is 9.96. The molecule has 28 heteroatoms. The van der Waals surface area contributed by atoms with E-state index in [1.807, 2.05) is 199 Å². The van der Waals surface area contributed by atoms with E-state index >= 15 is 0 Å². The number of pyridine rings is 6. The van der Waals surface area contributed by atoms with Crippen LogP contribution in [0.2, 0.25) is 0 Å². The van der Waals surface area contributed by atoms with Crippen molar-refractivity contribution in [3.63, 3.8) is 0 Å². The fourth-order valence-electron chi connectivity index (χ4n) is 19.1. The third-order valence-corrected chi connectivity index (χ3v) is 24.7. The molecule has 12 atom stereocenters. The highest BCUT2D eigenvalue weighted by molar-refractivity contribution is 6.03. The van der Waals surface area contributed by atoms with Crippen molar-refractivity contribution in [2.45, 2.75) is 162 Å². The Bertz CT molecular complexity index is 5580. The first-order valence-corrected chi connectivity index (χ1v) is 41.5. The number of likely N-dealkylation sites (tertiary alicyclic amines) is 4. The van der Waals surface area contributed by atoms with Crippen LogP contribution in [0.25, 0.3) is 45.3 Å². The third kappa shape index (κ3) is 17.3. The van der Waals surface area contributed by atoms with Gasteiger partial charge < -0.3 is 49.9 Å². The normalized spacial score (nSPS) is 22.3. The predicted octanol–water partition coefficient (Wildman–Crippen LogP) is 15.3. The molecule has 14 heterocycles. The summed E-state index contributed by atoms with van der Waals surface area (Å²) >= 11 is 0. The van der Waals surface area contributed by atoms with Crippen molar-refractivity contribution in [2.75, 3.05) is 47.4 Å². The number of hydrogen-bond acceptors (Lipinski definition) is 22. The van der Waals surface area contributed by atoms with E-state index in [2.05, 4.69) is 98.5 Å². The zero-order valence-electron chi connectivity index (χ0n) is 69.0. The monoisotopic (exact) mass is 1630 g/mol. The summed E-state index contributed by atoms with van der Waals surface area (Å²) in [6.45, 7) is 20.5. The minimum Gasteiger partial charge on any atom is -0.365 e. The molecule has 4 amide bonds. The van der Waals surface area contributed by atoms with Gasteiger partial charge in [0, 0.05) is 115 Å². The molecule has 12 unspecified atom stereocenters. The van der Waals surface area contributed by atoms with E-state index in [-0.39, 0.29) is 77.8 Å². The smallest absolute Gasteiger partial charge is 0.273 e. The molecule has 2 aromatic carbocycles. The van der Waals surface area contributed by atoms with E-state index < -0.39 is 11.6 Å². The van der Waals surface area contributed by atoms with Crippen molar-refractivity contribution >= 4 is 46.9 Å². The van der Waals surface area contributed by atoms with Gasteiger partial charge in [0.25, 0.3) is 23.6 Å². The number of piperidine rings is 4. The van der Waals surface area contributed by atoms with Crippen LogP contribution in [0.15, 0.2) is 186 Å². The van der Waals surface area contributed by atoms with Crippen LogP contribution in [0.3, 0.4) is 0 Å². The lowest BCUT2D eigenvalue weighted by molar-refractivity contribution is 0.0681. The van der Waals surface area contributed by atoms with Gasteiger partial charge in [-0.25, -0.2) is 53.6 Å². The van der Waals surface area contributed by atoms with Crippen molar-refractivity contribution in [1.82, 2.24) is 79.8 Å². The maximum Gasteiger partial charge on any atom is 0.273 e. The van der Waals surface area contributed by atoms with Crippen LogP contribution in [-0.2, 0) is 0 Å². The molecule has 8 aliphatic rings. The van der Waals surface area contributed by atoms with E-state index in [4.69, 9.17) is 9.05 Å². The molecule has 618 valence electrons. The number of amides is 4. The number of nitrogens with one attached hydrogen (secondary N) is 4. The fraction of sp³-hybridized carbons (Fsp3) is 0.355. The summed E-state index contributed by atoms with van der Waals surface area (Å²) in [6, 6.07) is 40.1. The Morgan fingerprint density at radius 3 is 1.17 bits per heavy atom. The summed E-state index contributed by atoms with van der Waals surface area (Å²) in [5.41, 5.74) is 13.3. The minimum absolute atomic E-state index is 0.0668. The first-order valence-electron chi connectivity index (χ1n) is 41.5. The predicted molar refractivity (Wildman–Crippen MR) is 454 cm³/mol. The van der Waals surface area contributed by atoms with Gasteiger partial charge >= 0.3 is 0 Å². The van der Waals surface area contributed by atoms with Gasteiger partial charge in [-0.2, -0.15) is 0 Å². The van der Waals surface area contributed by atoms with Gasteiger partial charge in [-0.1, -0.05) is 71.0 Å². The number of carbonyl (C=O) groups excluding carboxylic acids is 4. The molecule has 0 radical (unpaired) electrons. The quantitative estimate of drug-likeness (QED) is 0.0698. The van der Waals surface area contributed by atoms with Gasteiger partial charge in [0.1, 0.15) is 51.9 Å². The van der Waals surface area contributed by atoms with Crippen molar-refractivity contribution in [2.24, 2.45) is 23.7 Å². The van der Waals surface area contributed by atoms with Crippen LogP contribution in [0.1, 0.15) is 144 Å². The van der Waals surface area contributed by atoms with Crippen molar-refractivity contribution < 1.29 is 37.0 Å². The fourth-order valence-corrected chi connectivity index (χ4v) is 19.1. The third-order valence-electron chi connectivity index (χ3n) is 24.7. The first-order chi connectivity index (χ1) is 58.5. The SMILES string of the molecule is Cc1ccc(NC2CC3CC2N(C(=O)c2ccc(C)nc2-c2ncc(F)cn2)C3)nc1.Cc1ccc(NC2CC3CC2N(C(=O)c2ccccc2-c2c(C)noc2C)C3)nc1.Cc1ccc(NC2CC3CC2N(C(=O)c2ccccc2-c2cc(C)on2)C3)nc1.Cc1ccc(NC2CC3CC2N(C(=O)c2ncc(C)cc2-c2ncc(F)cn2)C3)nc1. The largest absolute Gasteiger partial charge is 0.365 e. The van der Waals surface area contributed by atoms with Crippen molar-refractivity contribution in [3.05, 3.63) is 262 Å². The van der Waals surface area contributed by atoms with E-state index in [0.29, 0.717) is 75.4 Å². The number of hydrogen-bond donors (Lipinski definition) is 4. The summed E-state index contributed by atoms with van der Waals surface area (Å²) in [4.78, 5) is 105. The number of benzene rings is 2. The molecule has 4 saturated carbocycles. The molecular formula is C93H96F2N20O6. The Balaban J connectivity index is 0.000000115. The standard InChI is InChI=1S/C24H26N4O2.2C23H23FN6O.C23H24N4O2/c1-14-8-9-22(25-12-14)26-20-10-17-11-21(20)28(13-17)24(29)19-7-5-4-6-18(19)23-15(2)27-30-16(23)3;1-13-3-6-20(25-9-13)29-18-7-15-8-19(18)30(12-15)23(31)17-5-4-14(2)28-21(17)22-26-10-16(24)11-27-22;1-13-3-4-20(25-8-13)29-18-6-15-7-19(18)30(12-15)23(31)21-17(5-14(2)9-26-21)22-27-10-16(24)11-28-22;1-14-7-8-22(24-12-14)25-20-10-16-11-21(20)27(13-16)23(28)18-6-4-3-5-17(18)19-9-15(2)29-26-19/h4-9,12,17,20-21H,10-11,13H2,1-3H3,(H,25,26);3-6,9-11,15,18-19H,7-8,12H2,1-2H3,(H,25,29);3-5,8-11,15,18-19H,6-7,12H2,1-2H3,(H,25,29);3-9,12,16,20-21H,10-11,13H2,1-2H3,(H,24,25). The zero-order chi connectivity index (χ0) is 83.9. The topological polar surface area (TPSA) is 310 Å². The van der Waals surface area contributed by atoms with E-state index in [1.54, 1.807) is 18.3 Å². The molecule has 121 heavy (non-hydrogen) atoms. The first kappa shape index (κ1) is 80.3. The number of carbonyl (C=O) groups is 4. The number of aromatic nitrogens is 12. The Morgan fingerprint density at radius 2 is 0.769 bits per heavy atom. The molecule has 12 aromatic rings. The van der Waals surface area contributed by atoms with Gasteiger partial charge in [0.05, 0.1) is 65.8 Å². The van der Waals surface area contributed by atoms with Gasteiger partial charge in [0.15, 0.2) is 23.3 Å². The Labute approximate surface area is 700 Å². The molecule has 4 N–H and O–H groups in total. The van der Waals surface area contributed by atoms with Crippen LogP contribution < -0.4 is 21.3 Å². The number of aryl methyl sites for hydroxylation is 9. The second-order valence-electron chi connectivity index (χ2n) is 33.7. The number of rotatable bonds is 16. The molecule has 0 spiro atoms. The molecule has 8 bridgehead atoms. The second kappa shape index (κ2) is 34.3. The lowest BCUT2D eigenvalue weighted by Gasteiger charge is -2.34. The number of fused-ring (bicyclic) bond motifs is 8. The summed E-state index contributed by atoms with van der Waals surface area (Å²) in [5, 5.41) is 22.3. The second-order valence-corrected chi connectivity index (χ2v) is 33.7. The minimum atomic E-state index is -0.528. The number of halogens is 2. The van der Waals surface area contributed by atoms with Crippen molar-refractivity contribution in [1.29, 1.82) is 0 Å². The summed E-state index contributed by atoms with van der Waals surface area (Å²) in [5.74, 6) is 6.27. The highest BCUT2D eigenvalue weighted by atomic mass is 19.1. The molecule has 4 saturated heterocycles. The number of nitrogens with zero attached hydrogens (tertiary/aromatic N) is 16. The molecular weight excluding hydrogens is 1530 g/mol. The molecule has 10 aromatic heterocycles. The summed E-state index contributed by atoms with van der Waals surface area (Å²) < 4.78 is 37.2. The number of anilines is 4. The van der Waals surface area contributed by atoms with Crippen LogP contribution in [0.4, 0.5) is 32.1 Å². The van der Waals surface area contributed by atoms with Gasteiger partial charge in [-0.15, -0.1) is 0 Å². The summed E-state index contributed by atoms with van der Waals surface area (Å²) in [6.07, 6.45) is 21.7. The van der Waals surface area contributed by atoms with E-state index in [1.165, 1.54) is 0 Å². The van der Waals surface area contributed by atoms with Gasteiger partial charge in [0.2, 0.25) is 0 Å². The lowest BCUT2D eigenvalue weighted by Crippen LogP contribution is -2.48. The Morgan fingerprint density at radius 1 is 0.372 bits per heavy atom. The van der Waals surface area contributed by atoms with Gasteiger partial charge in [-0.3, -0.25) is 24.2 Å². The zero-order valence-corrected chi connectivity index (χ0v) is 69.0. The average Bonchev–Trinajstić information content (AvgIpc) is 1.64. The maximum absolute atomic E-state index is 13.6.